The van der Waals surface area contributed by atoms with E-state index >= 15 is 0 Å². The van der Waals surface area contributed by atoms with Crippen molar-refractivity contribution in [2.24, 2.45) is 0 Å². The molecule has 1 aromatic heterocycles. The number of rotatable bonds is 10. The van der Waals surface area contributed by atoms with Gasteiger partial charge in [0.25, 0.3) is 5.91 Å². The third-order valence-corrected chi connectivity index (χ3v) is 4.27. The van der Waals surface area contributed by atoms with Crippen LogP contribution >= 0.6 is 0 Å². The van der Waals surface area contributed by atoms with Crippen molar-refractivity contribution in [1.82, 2.24) is 10.3 Å². The zero-order chi connectivity index (χ0) is 20.5. The average Bonchev–Trinajstić information content (AvgIpc) is 2.67. The molecule has 0 aliphatic heterocycles. The van der Waals surface area contributed by atoms with Gasteiger partial charge in [0.15, 0.2) is 6.10 Å². The first kappa shape index (κ1) is 21.7. The molecule has 0 aliphatic rings. The van der Waals surface area contributed by atoms with Crippen molar-refractivity contribution in [2.45, 2.75) is 46.3 Å². The molecule has 1 heterocycles. The van der Waals surface area contributed by atoms with Crippen molar-refractivity contribution in [3.05, 3.63) is 53.2 Å². The van der Waals surface area contributed by atoms with E-state index in [0.717, 1.165) is 22.4 Å². The van der Waals surface area contributed by atoms with Gasteiger partial charge in [-0.1, -0.05) is 32.0 Å². The summed E-state index contributed by atoms with van der Waals surface area (Å²) in [5.74, 6) is 1.44. The van der Waals surface area contributed by atoms with Crippen LogP contribution in [0.4, 0.5) is 0 Å². The highest BCUT2D eigenvalue weighted by Gasteiger charge is 2.17. The predicted molar refractivity (Wildman–Crippen MR) is 109 cm³/mol. The second kappa shape index (κ2) is 10.7. The Labute approximate surface area is 167 Å². The summed E-state index contributed by atoms with van der Waals surface area (Å²) in [6, 6.07) is 9.74. The number of aromatic nitrogens is 1. The summed E-state index contributed by atoms with van der Waals surface area (Å²) in [5.41, 5.74) is 3.09. The molecular weight excluding hydrogens is 356 g/mol. The van der Waals surface area contributed by atoms with E-state index < -0.39 is 6.10 Å². The minimum atomic E-state index is -0.594. The summed E-state index contributed by atoms with van der Waals surface area (Å²) in [4.78, 5) is 16.7. The average molecular weight is 386 g/mol. The lowest BCUT2D eigenvalue weighted by atomic mass is 10.0. The number of benzene rings is 1. The summed E-state index contributed by atoms with van der Waals surface area (Å²) < 4.78 is 16.3. The lowest BCUT2D eigenvalue weighted by Crippen LogP contribution is -2.36. The van der Waals surface area contributed by atoms with Crippen molar-refractivity contribution in [3.8, 4) is 11.6 Å². The minimum Gasteiger partial charge on any atom is -0.481 e. The van der Waals surface area contributed by atoms with E-state index in [-0.39, 0.29) is 5.91 Å². The molecule has 2 aromatic rings. The topological polar surface area (TPSA) is 69.7 Å². The summed E-state index contributed by atoms with van der Waals surface area (Å²) >= 11 is 0. The molecule has 2 rings (SSSR count). The number of aryl methyl sites for hydroxylation is 1. The quantitative estimate of drug-likeness (QED) is 0.632. The fraction of sp³-hybridized carbons (Fsp3) is 0.455. The van der Waals surface area contributed by atoms with Gasteiger partial charge in [-0.05, 0) is 42.5 Å². The van der Waals surface area contributed by atoms with Crippen LogP contribution in [-0.2, 0) is 16.1 Å². The molecule has 0 spiro atoms. The van der Waals surface area contributed by atoms with Crippen LogP contribution in [0.25, 0.3) is 0 Å². The van der Waals surface area contributed by atoms with Gasteiger partial charge >= 0.3 is 0 Å². The highest BCUT2D eigenvalue weighted by molar-refractivity contribution is 5.80. The molecule has 1 amide bonds. The number of carbonyl (C=O) groups is 1. The van der Waals surface area contributed by atoms with Gasteiger partial charge in [0.1, 0.15) is 12.4 Å². The van der Waals surface area contributed by atoms with E-state index in [9.17, 15) is 4.79 Å². The molecule has 0 saturated heterocycles. The van der Waals surface area contributed by atoms with E-state index in [2.05, 4.69) is 36.3 Å². The number of ether oxygens (including phenoxy) is 3. The van der Waals surface area contributed by atoms with E-state index in [0.29, 0.717) is 31.6 Å². The number of hydrogen-bond donors (Lipinski definition) is 1. The van der Waals surface area contributed by atoms with Gasteiger partial charge < -0.3 is 19.5 Å². The molecular formula is C22H30N2O4. The molecule has 0 bridgehead atoms. The zero-order valence-corrected chi connectivity index (χ0v) is 17.3. The predicted octanol–water partition coefficient (Wildman–Crippen LogP) is 3.62. The molecule has 152 valence electrons. The van der Waals surface area contributed by atoms with Crippen molar-refractivity contribution >= 4 is 5.91 Å². The summed E-state index contributed by atoms with van der Waals surface area (Å²) in [5, 5.41) is 2.89. The normalized spacial score (nSPS) is 11.9. The lowest BCUT2D eigenvalue weighted by Gasteiger charge is -2.19. The van der Waals surface area contributed by atoms with Gasteiger partial charge in [-0.25, -0.2) is 4.98 Å². The van der Waals surface area contributed by atoms with Crippen LogP contribution in [0, 0.1) is 6.92 Å². The Morgan fingerprint density at radius 1 is 1.14 bits per heavy atom. The Balaban J connectivity index is 1.88. The van der Waals surface area contributed by atoms with Crippen LogP contribution in [0.3, 0.4) is 0 Å². The van der Waals surface area contributed by atoms with Crippen LogP contribution < -0.4 is 14.8 Å². The SMILES string of the molecule is COCCOc1ccc(CNC(=O)C(C)Oc2cc(C)ccc2C(C)C)cn1. The molecule has 1 unspecified atom stereocenters. The lowest BCUT2D eigenvalue weighted by molar-refractivity contribution is -0.127. The number of nitrogens with one attached hydrogen (secondary N) is 1. The van der Waals surface area contributed by atoms with Gasteiger partial charge in [0.05, 0.1) is 6.61 Å². The largest absolute Gasteiger partial charge is 0.481 e. The maximum Gasteiger partial charge on any atom is 0.261 e. The van der Waals surface area contributed by atoms with Gasteiger partial charge in [0.2, 0.25) is 5.88 Å². The molecule has 0 aliphatic carbocycles. The number of methoxy groups -OCH3 is 1. The number of hydrogen-bond acceptors (Lipinski definition) is 5. The Kier molecular flexibility index (Phi) is 8.26. The summed E-state index contributed by atoms with van der Waals surface area (Å²) in [7, 11) is 1.62. The third-order valence-electron chi connectivity index (χ3n) is 4.27. The molecule has 0 fully saturated rings. The third kappa shape index (κ3) is 6.53. The van der Waals surface area contributed by atoms with Crippen LogP contribution in [0.1, 0.15) is 43.4 Å². The highest BCUT2D eigenvalue weighted by Crippen LogP contribution is 2.28. The molecule has 1 atom stereocenters. The monoisotopic (exact) mass is 386 g/mol. The second-order valence-corrected chi connectivity index (χ2v) is 7.02. The molecule has 1 N–H and O–H groups in total. The Bertz CT molecular complexity index is 760. The molecule has 0 saturated carbocycles. The molecule has 6 nitrogen and oxygen atoms in total. The van der Waals surface area contributed by atoms with Crippen LogP contribution in [0.15, 0.2) is 36.5 Å². The Hall–Kier alpha value is -2.60. The van der Waals surface area contributed by atoms with E-state index in [1.54, 1.807) is 26.3 Å². The minimum absolute atomic E-state index is 0.170. The van der Waals surface area contributed by atoms with Crippen LogP contribution in [-0.4, -0.2) is 37.3 Å². The first-order chi connectivity index (χ1) is 13.4. The fourth-order valence-electron chi connectivity index (χ4n) is 2.63. The van der Waals surface area contributed by atoms with Gasteiger partial charge in [-0.2, -0.15) is 0 Å². The highest BCUT2D eigenvalue weighted by atomic mass is 16.5. The first-order valence-corrected chi connectivity index (χ1v) is 9.52. The van der Waals surface area contributed by atoms with Crippen molar-refractivity contribution in [1.29, 1.82) is 0 Å². The number of nitrogens with zero attached hydrogens (tertiary/aromatic N) is 1. The van der Waals surface area contributed by atoms with E-state index in [1.165, 1.54) is 0 Å². The zero-order valence-electron chi connectivity index (χ0n) is 17.3. The Morgan fingerprint density at radius 2 is 1.93 bits per heavy atom. The van der Waals surface area contributed by atoms with Crippen molar-refractivity contribution in [2.75, 3.05) is 20.3 Å². The van der Waals surface area contributed by atoms with Crippen molar-refractivity contribution in [3.63, 3.8) is 0 Å². The van der Waals surface area contributed by atoms with E-state index in [4.69, 9.17) is 14.2 Å². The van der Waals surface area contributed by atoms with Crippen LogP contribution in [0.2, 0.25) is 0 Å². The number of pyridine rings is 1. The second-order valence-electron chi connectivity index (χ2n) is 7.02. The number of carbonyl (C=O) groups excluding carboxylic acids is 1. The van der Waals surface area contributed by atoms with Crippen molar-refractivity contribution < 1.29 is 19.0 Å². The summed E-state index contributed by atoms with van der Waals surface area (Å²) in [6.45, 7) is 9.32. The summed E-state index contributed by atoms with van der Waals surface area (Å²) in [6.07, 6.45) is 1.09. The first-order valence-electron chi connectivity index (χ1n) is 9.52. The maximum atomic E-state index is 12.4. The van der Waals surface area contributed by atoms with E-state index in [1.807, 2.05) is 19.1 Å². The van der Waals surface area contributed by atoms with Gasteiger partial charge in [0, 0.05) is 25.9 Å². The van der Waals surface area contributed by atoms with Crippen LogP contribution in [0.5, 0.6) is 11.6 Å². The smallest absolute Gasteiger partial charge is 0.261 e. The molecule has 28 heavy (non-hydrogen) atoms. The maximum absolute atomic E-state index is 12.4. The fourth-order valence-corrected chi connectivity index (χ4v) is 2.63. The van der Waals surface area contributed by atoms with Gasteiger partial charge in [-0.3, -0.25) is 4.79 Å². The molecule has 1 aromatic carbocycles. The number of amides is 1. The standard InChI is InChI=1S/C22H30N2O4/c1-15(2)19-8-6-16(3)12-20(19)28-17(4)22(25)24-14-18-7-9-21(23-13-18)27-11-10-26-5/h6-9,12-13,15,17H,10-11,14H2,1-5H3,(H,24,25). The molecule has 6 heteroatoms. The van der Waals surface area contributed by atoms with Gasteiger partial charge in [-0.15, -0.1) is 0 Å². The molecule has 0 radical (unpaired) electrons. The Morgan fingerprint density at radius 3 is 2.57 bits per heavy atom.